The highest BCUT2D eigenvalue weighted by atomic mass is 16.5. The molecule has 0 radical (unpaired) electrons. The standard InChI is InChI=1S/C22H28N4O3/c1-15(2)25-22(28)26-13-19(16-7-6-9-18(11-16)29-3)20(14-26)21(27)24-12-17-8-4-5-10-23-17/h4-11,15,19-20H,12-14H2,1-3H3,(H,24,27)(H,25,28). The summed E-state index contributed by atoms with van der Waals surface area (Å²) < 4.78 is 5.34. The van der Waals surface area contributed by atoms with E-state index in [2.05, 4.69) is 15.6 Å². The number of rotatable bonds is 6. The van der Waals surface area contributed by atoms with Crippen LogP contribution in [0.25, 0.3) is 0 Å². The Balaban J connectivity index is 1.77. The number of carbonyl (C=O) groups excluding carboxylic acids is 2. The molecule has 2 N–H and O–H groups in total. The molecule has 1 aromatic carbocycles. The van der Waals surface area contributed by atoms with E-state index in [0.717, 1.165) is 17.0 Å². The lowest BCUT2D eigenvalue weighted by Crippen LogP contribution is -2.42. The highest BCUT2D eigenvalue weighted by Gasteiger charge is 2.40. The zero-order valence-corrected chi connectivity index (χ0v) is 17.1. The quantitative estimate of drug-likeness (QED) is 0.786. The molecular weight excluding hydrogens is 368 g/mol. The molecule has 1 aliphatic rings. The van der Waals surface area contributed by atoms with Gasteiger partial charge in [0.25, 0.3) is 0 Å². The maximum atomic E-state index is 13.0. The third-order valence-electron chi connectivity index (χ3n) is 5.05. The van der Waals surface area contributed by atoms with Gasteiger partial charge in [-0.25, -0.2) is 4.79 Å². The average molecular weight is 396 g/mol. The number of pyridine rings is 1. The first kappa shape index (κ1) is 20.6. The molecule has 2 heterocycles. The fourth-order valence-corrected chi connectivity index (χ4v) is 3.59. The van der Waals surface area contributed by atoms with Crippen molar-refractivity contribution in [2.24, 2.45) is 5.92 Å². The number of likely N-dealkylation sites (tertiary alicyclic amines) is 1. The summed E-state index contributed by atoms with van der Waals surface area (Å²) in [5, 5.41) is 5.90. The Labute approximate surface area is 171 Å². The van der Waals surface area contributed by atoms with Gasteiger partial charge in [-0.1, -0.05) is 18.2 Å². The molecule has 2 unspecified atom stereocenters. The lowest BCUT2D eigenvalue weighted by Gasteiger charge is -2.19. The van der Waals surface area contributed by atoms with E-state index in [-0.39, 0.29) is 29.8 Å². The number of nitrogens with one attached hydrogen (secondary N) is 2. The van der Waals surface area contributed by atoms with Gasteiger partial charge in [-0.15, -0.1) is 0 Å². The number of methoxy groups -OCH3 is 1. The minimum Gasteiger partial charge on any atom is -0.497 e. The molecule has 1 fully saturated rings. The summed E-state index contributed by atoms with van der Waals surface area (Å²) in [5.41, 5.74) is 1.79. The number of hydrogen-bond donors (Lipinski definition) is 2. The molecule has 2 atom stereocenters. The minimum absolute atomic E-state index is 0.0369. The summed E-state index contributed by atoms with van der Waals surface area (Å²) in [5.74, 6) is 0.207. The number of amides is 3. The second-order valence-electron chi connectivity index (χ2n) is 7.54. The summed E-state index contributed by atoms with van der Waals surface area (Å²) in [6, 6.07) is 13.2. The number of hydrogen-bond acceptors (Lipinski definition) is 4. The predicted octanol–water partition coefficient (Wildman–Crippen LogP) is 2.54. The molecule has 0 saturated carbocycles. The maximum Gasteiger partial charge on any atom is 0.317 e. The van der Waals surface area contributed by atoms with Crippen LogP contribution in [-0.2, 0) is 11.3 Å². The van der Waals surface area contributed by atoms with Crippen LogP contribution in [0.1, 0.15) is 31.0 Å². The second kappa shape index (κ2) is 9.41. The van der Waals surface area contributed by atoms with Crippen molar-refractivity contribution in [1.29, 1.82) is 0 Å². The smallest absolute Gasteiger partial charge is 0.317 e. The summed E-state index contributed by atoms with van der Waals surface area (Å²) >= 11 is 0. The normalized spacial score (nSPS) is 18.6. The van der Waals surface area contributed by atoms with Gasteiger partial charge in [-0.2, -0.15) is 0 Å². The molecule has 3 amide bonds. The zero-order valence-electron chi connectivity index (χ0n) is 17.1. The van der Waals surface area contributed by atoms with Gasteiger partial charge in [0, 0.05) is 31.2 Å². The van der Waals surface area contributed by atoms with Crippen LogP contribution < -0.4 is 15.4 Å². The summed E-state index contributed by atoms with van der Waals surface area (Å²) in [6.07, 6.45) is 1.70. The summed E-state index contributed by atoms with van der Waals surface area (Å²) in [7, 11) is 1.62. The topological polar surface area (TPSA) is 83.6 Å². The first-order valence-corrected chi connectivity index (χ1v) is 9.85. The number of ether oxygens (including phenoxy) is 1. The van der Waals surface area contributed by atoms with E-state index in [0.29, 0.717) is 19.6 Å². The third kappa shape index (κ3) is 5.25. The third-order valence-corrected chi connectivity index (χ3v) is 5.05. The lowest BCUT2D eigenvalue weighted by atomic mass is 9.88. The molecule has 1 aliphatic heterocycles. The molecule has 0 bridgehead atoms. The first-order valence-electron chi connectivity index (χ1n) is 9.85. The van der Waals surface area contributed by atoms with Crippen molar-refractivity contribution >= 4 is 11.9 Å². The van der Waals surface area contributed by atoms with Crippen molar-refractivity contribution in [2.75, 3.05) is 20.2 Å². The average Bonchev–Trinajstić information content (AvgIpc) is 3.18. The molecule has 0 spiro atoms. The van der Waals surface area contributed by atoms with E-state index in [9.17, 15) is 9.59 Å². The molecule has 29 heavy (non-hydrogen) atoms. The molecule has 0 aliphatic carbocycles. The molecule has 1 saturated heterocycles. The van der Waals surface area contributed by atoms with Crippen LogP contribution in [0.2, 0.25) is 0 Å². The Morgan fingerprint density at radius 1 is 1.21 bits per heavy atom. The van der Waals surface area contributed by atoms with Gasteiger partial charge >= 0.3 is 6.03 Å². The Morgan fingerprint density at radius 3 is 2.72 bits per heavy atom. The van der Waals surface area contributed by atoms with Crippen molar-refractivity contribution in [3.8, 4) is 5.75 Å². The van der Waals surface area contributed by atoms with Gasteiger partial charge in [0.05, 0.1) is 25.3 Å². The fourth-order valence-electron chi connectivity index (χ4n) is 3.59. The van der Waals surface area contributed by atoms with Gasteiger partial charge in [0.15, 0.2) is 0 Å². The lowest BCUT2D eigenvalue weighted by molar-refractivity contribution is -0.125. The number of urea groups is 1. The molecule has 7 heteroatoms. The number of nitrogens with zero attached hydrogens (tertiary/aromatic N) is 2. The summed E-state index contributed by atoms with van der Waals surface area (Å²) in [4.78, 5) is 31.5. The van der Waals surface area contributed by atoms with E-state index in [4.69, 9.17) is 4.74 Å². The Kier molecular flexibility index (Phi) is 6.69. The Hall–Kier alpha value is -3.09. The molecule has 7 nitrogen and oxygen atoms in total. The molecule has 1 aromatic heterocycles. The van der Waals surface area contributed by atoms with E-state index >= 15 is 0 Å². The van der Waals surface area contributed by atoms with Crippen molar-refractivity contribution < 1.29 is 14.3 Å². The molecule has 2 aromatic rings. The first-order chi connectivity index (χ1) is 14.0. The van der Waals surface area contributed by atoms with Crippen molar-refractivity contribution in [2.45, 2.75) is 32.4 Å². The fraction of sp³-hybridized carbons (Fsp3) is 0.409. The number of aromatic nitrogens is 1. The van der Waals surface area contributed by atoms with E-state index < -0.39 is 0 Å². The number of benzene rings is 1. The van der Waals surface area contributed by atoms with Crippen LogP contribution in [0.4, 0.5) is 4.79 Å². The number of carbonyl (C=O) groups is 2. The molecule has 3 rings (SSSR count). The minimum atomic E-state index is -0.344. The van der Waals surface area contributed by atoms with Crippen LogP contribution in [0, 0.1) is 5.92 Å². The molecular formula is C22H28N4O3. The maximum absolute atomic E-state index is 13.0. The van der Waals surface area contributed by atoms with E-state index in [1.54, 1.807) is 18.2 Å². The largest absolute Gasteiger partial charge is 0.497 e. The summed E-state index contributed by atoms with van der Waals surface area (Å²) in [6.45, 7) is 5.05. The van der Waals surface area contributed by atoms with Crippen LogP contribution in [0.5, 0.6) is 5.75 Å². The van der Waals surface area contributed by atoms with Crippen molar-refractivity contribution in [3.63, 3.8) is 0 Å². The van der Waals surface area contributed by atoms with Crippen LogP contribution in [0.15, 0.2) is 48.7 Å². The van der Waals surface area contributed by atoms with Gasteiger partial charge in [0.1, 0.15) is 5.75 Å². The Bertz CT molecular complexity index is 841. The van der Waals surface area contributed by atoms with Crippen molar-refractivity contribution in [1.82, 2.24) is 20.5 Å². The predicted molar refractivity (Wildman–Crippen MR) is 111 cm³/mol. The SMILES string of the molecule is COc1cccc(C2CN(C(=O)NC(C)C)CC2C(=O)NCc2ccccn2)c1. The monoisotopic (exact) mass is 396 g/mol. The van der Waals surface area contributed by atoms with Crippen LogP contribution in [-0.4, -0.2) is 48.1 Å². The van der Waals surface area contributed by atoms with Crippen LogP contribution in [0.3, 0.4) is 0 Å². The Morgan fingerprint density at radius 2 is 2.03 bits per heavy atom. The highest BCUT2D eigenvalue weighted by molar-refractivity contribution is 5.83. The van der Waals surface area contributed by atoms with E-state index in [1.165, 1.54) is 0 Å². The van der Waals surface area contributed by atoms with Crippen LogP contribution >= 0.6 is 0 Å². The highest BCUT2D eigenvalue weighted by Crippen LogP contribution is 2.34. The second-order valence-corrected chi connectivity index (χ2v) is 7.54. The van der Waals surface area contributed by atoms with Gasteiger partial charge < -0.3 is 20.3 Å². The van der Waals surface area contributed by atoms with Gasteiger partial charge in [-0.05, 0) is 43.7 Å². The van der Waals surface area contributed by atoms with Gasteiger partial charge in [0.2, 0.25) is 5.91 Å². The zero-order chi connectivity index (χ0) is 20.8. The molecule has 154 valence electrons. The van der Waals surface area contributed by atoms with Gasteiger partial charge in [-0.3, -0.25) is 9.78 Å². The van der Waals surface area contributed by atoms with Crippen molar-refractivity contribution in [3.05, 3.63) is 59.9 Å². The van der Waals surface area contributed by atoms with E-state index in [1.807, 2.05) is 56.3 Å².